The molecule has 0 atom stereocenters. The van der Waals surface area contributed by atoms with Crippen molar-refractivity contribution in [2.24, 2.45) is 0 Å². The SMILES string of the molecule is OC1(c2ccc(CN3CCCC3)c(Br)c2)CC1. The third kappa shape index (κ3) is 2.42. The van der Waals surface area contributed by atoms with E-state index >= 15 is 0 Å². The van der Waals surface area contributed by atoms with Crippen LogP contribution in [0.3, 0.4) is 0 Å². The molecular weight excluding hydrogens is 278 g/mol. The number of halogens is 1. The summed E-state index contributed by atoms with van der Waals surface area (Å²) in [5.74, 6) is 0. The number of hydrogen-bond donors (Lipinski definition) is 1. The molecule has 1 aliphatic heterocycles. The molecule has 1 saturated heterocycles. The number of hydrogen-bond acceptors (Lipinski definition) is 2. The number of likely N-dealkylation sites (tertiary alicyclic amines) is 1. The summed E-state index contributed by atoms with van der Waals surface area (Å²) in [6, 6.07) is 6.34. The van der Waals surface area contributed by atoms with Crippen molar-refractivity contribution < 1.29 is 5.11 Å². The van der Waals surface area contributed by atoms with Crippen molar-refractivity contribution in [1.29, 1.82) is 0 Å². The Balaban J connectivity index is 1.76. The molecule has 1 aromatic rings. The van der Waals surface area contributed by atoms with E-state index in [9.17, 15) is 5.11 Å². The van der Waals surface area contributed by atoms with Crippen molar-refractivity contribution in [1.82, 2.24) is 4.90 Å². The molecule has 2 fully saturated rings. The Bertz CT molecular complexity index is 422. The van der Waals surface area contributed by atoms with Gasteiger partial charge in [-0.05, 0) is 56.0 Å². The quantitative estimate of drug-likeness (QED) is 0.927. The molecule has 92 valence electrons. The average molecular weight is 296 g/mol. The van der Waals surface area contributed by atoms with Crippen LogP contribution >= 0.6 is 15.9 Å². The van der Waals surface area contributed by atoms with Crippen LogP contribution in [0, 0.1) is 0 Å². The van der Waals surface area contributed by atoms with Crippen LogP contribution in [0.4, 0.5) is 0 Å². The summed E-state index contributed by atoms with van der Waals surface area (Å²) in [6.07, 6.45) is 4.47. The number of aliphatic hydroxyl groups is 1. The van der Waals surface area contributed by atoms with E-state index in [0.717, 1.165) is 29.4 Å². The van der Waals surface area contributed by atoms with Crippen molar-refractivity contribution >= 4 is 15.9 Å². The zero-order valence-electron chi connectivity index (χ0n) is 9.95. The molecule has 0 radical (unpaired) electrons. The highest BCUT2D eigenvalue weighted by Gasteiger charge is 2.42. The predicted molar refractivity (Wildman–Crippen MR) is 71.8 cm³/mol. The second kappa shape index (κ2) is 4.38. The molecule has 0 unspecified atom stereocenters. The molecule has 3 rings (SSSR count). The van der Waals surface area contributed by atoms with Crippen LogP contribution in [0.1, 0.15) is 36.8 Å². The lowest BCUT2D eigenvalue weighted by Crippen LogP contribution is -2.18. The van der Waals surface area contributed by atoms with Crippen LogP contribution in [0.25, 0.3) is 0 Å². The van der Waals surface area contributed by atoms with E-state index in [1.54, 1.807) is 0 Å². The first-order chi connectivity index (χ1) is 8.17. The minimum atomic E-state index is -0.519. The zero-order valence-corrected chi connectivity index (χ0v) is 11.5. The Kier molecular flexibility index (Phi) is 3.01. The average Bonchev–Trinajstić information content (AvgIpc) is 2.87. The summed E-state index contributed by atoms with van der Waals surface area (Å²) in [4.78, 5) is 2.49. The van der Waals surface area contributed by atoms with Crippen LogP contribution in [-0.4, -0.2) is 23.1 Å². The number of nitrogens with zero attached hydrogens (tertiary/aromatic N) is 1. The third-order valence-corrected chi connectivity index (χ3v) is 4.64. The Morgan fingerprint density at radius 3 is 2.53 bits per heavy atom. The van der Waals surface area contributed by atoms with E-state index < -0.39 is 5.60 Å². The first kappa shape index (κ1) is 11.7. The molecule has 17 heavy (non-hydrogen) atoms. The second-order valence-electron chi connectivity index (χ2n) is 5.32. The zero-order chi connectivity index (χ0) is 11.9. The van der Waals surface area contributed by atoms with E-state index in [1.165, 1.54) is 31.5 Å². The molecule has 1 N–H and O–H groups in total. The van der Waals surface area contributed by atoms with Crippen LogP contribution in [0.5, 0.6) is 0 Å². The number of benzene rings is 1. The summed E-state index contributed by atoms with van der Waals surface area (Å²) in [6.45, 7) is 3.47. The van der Waals surface area contributed by atoms with Gasteiger partial charge in [0.2, 0.25) is 0 Å². The predicted octanol–water partition coefficient (Wildman–Crippen LogP) is 3.03. The highest BCUT2D eigenvalue weighted by molar-refractivity contribution is 9.10. The van der Waals surface area contributed by atoms with Crippen molar-refractivity contribution in [3.05, 3.63) is 33.8 Å². The van der Waals surface area contributed by atoms with Gasteiger partial charge in [0.05, 0.1) is 5.60 Å². The highest BCUT2D eigenvalue weighted by atomic mass is 79.9. The maximum atomic E-state index is 10.1. The van der Waals surface area contributed by atoms with Gasteiger partial charge in [-0.3, -0.25) is 4.90 Å². The van der Waals surface area contributed by atoms with E-state index in [-0.39, 0.29) is 0 Å². The highest BCUT2D eigenvalue weighted by Crippen LogP contribution is 2.46. The van der Waals surface area contributed by atoms with Crippen LogP contribution in [-0.2, 0) is 12.1 Å². The molecule has 1 saturated carbocycles. The third-order valence-electron chi connectivity index (χ3n) is 3.91. The molecule has 0 spiro atoms. The van der Waals surface area contributed by atoms with Gasteiger partial charge in [0.15, 0.2) is 0 Å². The van der Waals surface area contributed by atoms with Gasteiger partial charge < -0.3 is 5.11 Å². The van der Waals surface area contributed by atoms with Crippen molar-refractivity contribution in [2.75, 3.05) is 13.1 Å². The first-order valence-electron chi connectivity index (χ1n) is 6.41. The first-order valence-corrected chi connectivity index (χ1v) is 7.20. The van der Waals surface area contributed by atoms with Crippen molar-refractivity contribution in [3.8, 4) is 0 Å². The fourth-order valence-corrected chi connectivity index (χ4v) is 3.06. The van der Waals surface area contributed by atoms with Gasteiger partial charge in [-0.1, -0.05) is 28.1 Å². The lowest BCUT2D eigenvalue weighted by atomic mass is 10.1. The van der Waals surface area contributed by atoms with Crippen LogP contribution in [0.2, 0.25) is 0 Å². The standard InChI is InChI=1S/C14H18BrNO/c15-13-9-12(14(17)5-6-14)4-3-11(13)10-16-7-1-2-8-16/h3-4,9,17H,1-2,5-8,10H2. The van der Waals surface area contributed by atoms with Crippen molar-refractivity contribution in [3.63, 3.8) is 0 Å². The van der Waals surface area contributed by atoms with Gasteiger partial charge in [0.25, 0.3) is 0 Å². The summed E-state index contributed by atoms with van der Waals surface area (Å²) in [5.41, 5.74) is 1.88. The molecule has 0 bridgehead atoms. The molecule has 0 aromatic heterocycles. The maximum Gasteiger partial charge on any atom is 0.0899 e. The molecule has 2 nitrogen and oxygen atoms in total. The Morgan fingerprint density at radius 2 is 1.94 bits per heavy atom. The number of rotatable bonds is 3. The summed E-state index contributed by atoms with van der Waals surface area (Å²) >= 11 is 3.64. The van der Waals surface area contributed by atoms with E-state index in [2.05, 4.69) is 39.0 Å². The smallest absolute Gasteiger partial charge is 0.0899 e. The van der Waals surface area contributed by atoms with Gasteiger partial charge in [-0.15, -0.1) is 0 Å². The Morgan fingerprint density at radius 1 is 1.24 bits per heavy atom. The molecule has 1 aliphatic carbocycles. The maximum absolute atomic E-state index is 10.1. The van der Waals surface area contributed by atoms with Gasteiger partial charge in [-0.2, -0.15) is 0 Å². The van der Waals surface area contributed by atoms with Gasteiger partial charge in [0.1, 0.15) is 0 Å². The minimum Gasteiger partial charge on any atom is -0.385 e. The summed E-state index contributed by atoms with van der Waals surface area (Å²) in [7, 11) is 0. The Hall–Kier alpha value is -0.380. The molecule has 1 aromatic carbocycles. The van der Waals surface area contributed by atoms with Crippen molar-refractivity contribution in [2.45, 2.75) is 37.8 Å². The van der Waals surface area contributed by atoms with Crippen LogP contribution < -0.4 is 0 Å². The molecule has 0 amide bonds. The largest absolute Gasteiger partial charge is 0.385 e. The monoisotopic (exact) mass is 295 g/mol. The second-order valence-corrected chi connectivity index (χ2v) is 6.18. The molecule has 1 heterocycles. The lowest BCUT2D eigenvalue weighted by Gasteiger charge is -2.17. The van der Waals surface area contributed by atoms with E-state index in [4.69, 9.17) is 0 Å². The fraction of sp³-hybridized carbons (Fsp3) is 0.571. The topological polar surface area (TPSA) is 23.5 Å². The van der Waals surface area contributed by atoms with Gasteiger partial charge in [0, 0.05) is 11.0 Å². The molecular formula is C14H18BrNO. The Labute approximate surface area is 111 Å². The lowest BCUT2D eigenvalue weighted by molar-refractivity contribution is 0.151. The molecule has 3 heteroatoms. The normalized spacial score (nSPS) is 22.9. The summed E-state index contributed by atoms with van der Waals surface area (Å²) in [5, 5.41) is 10.1. The minimum absolute atomic E-state index is 0.519. The van der Waals surface area contributed by atoms with E-state index in [0.29, 0.717) is 0 Å². The fourth-order valence-electron chi connectivity index (χ4n) is 2.55. The van der Waals surface area contributed by atoms with Gasteiger partial charge in [-0.25, -0.2) is 0 Å². The summed E-state index contributed by atoms with van der Waals surface area (Å²) < 4.78 is 1.14. The van der Waals surface area contributed by atoms with E-state index in [1.807, 2.05) is 0 Å². The van der Waals surface area contributed by atoms with Crippen LogP contribution in [0.15, 0.2) is 22.7 Å². The van der Waals surface area contributed by atoms with Gasteiger partial charge >= 0.3 is 0 Å². The molecule has 2 aliphatic rings.